The van der Waals surface area contributed by atoms with Crippen molar-refractivity contribution in [2.45, 2.75) is 44.9 Å². The van der Waals surface area contributed by atoms with E-state index >= 15 is 0 Å². The molecule has 0 aromatic heterocycles. The van der Waals surface area contributed by atoms with Gasteiger partial charge in [-0.1, -0.05) is 66.2 Å². The molecule has 0 radical (unpaired) electrons. The Labute approximate surface area is 130 Å². The molecule has 0 unspecified atom stereocenters. The highest BCUT2D eigenvalue weighted by atomic mass is 79.9. The van der Waals surface area contributed by atoms with Crippen molar-refractivity contribution in [1.29, 1.82) is 0 Å². The van der Waals surface area contributed by atoms with Crippen LogP contribution in [-0.4, -0.2) is 18.0 Å². The van der Waals surface area contributed by atoms with Crippen LogP contribution in [-0.2, 0) is 4.74 Å². The van der Waals surface area contributed by atoms with Crippen molar-refractivity contribution in [2.75, 3.05) is 17.3 Å². The van der Waals surface area contributed by atoms with Crippen LogP contribution in [0.1, 0.15) is 44.9 Å². The Hall–Kier alpha value is -1.03. The number of benzene rings is 1. The number of halogens is 1. The quantitative estimate of drug-likeness (QED) is 0.459. The number of alkyl halides is 1. The fourth-order valence-electron chi connectivity index (χ4n) is 1.92. The first-order chi connectivity index (χ1) is 9.83. The van der Waals surface area contributed by atoms with Gasteiger partial charge in [0.05, 0.1) is 6.61 Å². The number of carbonyl (C=O) groups is 1. The van der Waals surface area contributed by atoms with E-state index in [4.69, 9.17) is 4.74 Å². The van der Waals surface area contributed by atoms with Gasteiger partial charge in [-0.25, -0.2) is 4.79 Å². The molecule has 0 saturated carbocycles. The van der Waals surface area contributed by atoms with Crippen LogP contribution >= 0.6 is 15.9 Å². The summed E-state index contributed by atoms with van der Waals surface area (Å²) >= 11 is 3.44. The first kappa shape index (κ1) is 17.0. The number of unbranched alkanes of at least 4 members (excludes halogenated alkanes) is 6. The van der Waals surface area contributed by atoms with Crippen molar-refractivity contribution >= 4 is 27.7 Å². The molecule has 0 fully saturated rings. The molecule has 1 aromatic rings. The molecule has 0 aliphatic heterocycles. The molecule has 0 atom stereocenters. The standard InChI is InChI=1S/C16H24BrNO2/c17-13-9-4-2-1-3-5-10-14-20-16(19)18-15-11-7-6-8-12-15/h6-8,11-12H,1-5,9-10,13-14H2,(H,18,19). The van der Waals surface area contributed by atoms with Gasteiger partial charge in [0.25, 0.3) is 0 Å². The summed E-state index contributed by atoms with van der Waals surface area (Å²) < 4.78 is 5.13. The fraction of sp³-hybridized carbons (Fsp3) is 0.562. The van der Waals surface area contributed by atoms with Crippen LogP contribution in [0, 0.1) is 0 Å². The highest BCUT2D eigenvalue weighted by molar-refractivity contribution is 9.09. The molecule has 1 aromatic carbocycles. The minimum atomic E-state index is -0.367. The molecule has 0 spiro atoms. The van der Waals surface area contributed by atoms with Gasteiger partial charge in [0.2, 0.25) is 0 Å². The fourth-order valence-corrected chi connectivity index (χ4v) is 2.32. The molecule has 4 heteroatoms. The van der Waals surface area contributed by atoms with E-state index in [0.29, 0.717) is 6.61 Å². The molecule has 0 aliphatic carbocycles. The topological polar surface area (TPSA) is 38.3 Å². The molecular weight excluding hydrogens is 318 g/mol. The molecule has 0 heterocycles. The zero-order valence-corrected chi connectivity index (χ0v) is 13.5. The van der Waals surface area contributed by atoms with Crippen molar-refractivity contribution in [3.8, 4) is 0 Å². The lowest BCUT2D eigenvalue weighted by Crippen LogP contribution is -2.14. The summed E-state index contributed by atoms with van der Waals surface area (Å²) in [4.78, 5) is 11.5. The van der Waals surface area contributed by atoms with Crippen molar-refractivity contribution in [1.82, 2.24) is 0 Å². The molecule has 1 N–H and O–H groups in total. The highest BCUT2D eigenvalue weighted by Gasteiger charge is 2.01. The second-order valence-electron chi connectivity index (χ2n) is 4.79. The van der Waals surface area contributed by atoms with E-state index in [2.05, 4.69) is 21.2 Å². The minimum Gasteiger partial charge on any atom is -0.449 e. The van der Waals surface area contributed by atoms with E-state index in [1.54, 1.807) is 0 Å². The molecule has 0 aliphatic rings. The van der Waals surface area contributed by atoms with E-state index in [1.165, 1.54) is 32.1 Å². The first-order valence-electron chi connectivity index (χ1n) is 7.37. The zero-order valence-electron chi connectivity index (χ0n) is 11.9. The van der Waals surface area contributed by atoms with E-state index in [0.717, 1.165) is 23.9 Å². The third-order valence-electron chi connectivity index (χ3n) is 3.03. The van der Waals surface area contributed by atoms with Crippen LogP contribution in [0.2, 0.25) is 0 Å². The van der Waals surface area contributed by atoms with E-state index < -0.39 is 0 Å². The Kier molecular flexibility index (Phi) is 10.0. The largest absolute Gasteiger partial charge is 0.449 e. The van der Waals surface area contributed by atoms with Crippen molar-refractivity contribution in [3.63, 3.8) is 0 Å². The monoisotopic (exact) mass is 341 g/mol. The molecular formula is C16H24BrNO2. The van der Waals surface area contributed by atoms with Gasteiger partial charge in [-0.05, 0) is 25.0 Å². The number of ether oxygens (including phenoxy) is 1. The van der Waals surface area contributed by atoms with Crippen LogP contribution in [0.4, 0.5) is 10.5 Å². The normalized spacial score (nSPS) is 10.2. The van der Waals surface area contributed by atoms with Crippen molar-refractivity contribution in [2.24, 2.45) is 0 Å². The van der Waals surface area contributed by atoms with Gasteiger partial charge in [0.1, 0.15) is 0 Å². The summed E-state index contributed by atoms with van der Waals surface area (Å²) in [6.07, 6.45) is 8.10. The Morgan fingerprint density at radius 1 is 0.950 bits per heavy atom. The summed E-state index contributed by atoms with van der Waals surface area (Å²) in [5.41, 5.74) is 0.768. The third kappa shape index (κ3) is 8.97. The van der Waals surface area contributed by atoms with Gasteiger partial charge in [-0.15, -0.1) is 0 Å². The van der Waals surface area contributed by atoms with Crippen LogP contribution in [0.25, 0.3) is 0 Å². The number of anilines is 1. The molecule has 20 heavy (non-hydrogen) atoms. The summed E-state index contributed by atoms with van der Waals surface area (Å²) in [5.74, 6) is 0. The summed E-state index contributed by atoms with van der Waals surface area (Å²) in [5, 5.41) is 3.81. The summed E-state index contributed by atoms with van der Waals surface area (Å²) in [7, 11) is 0. The number of hydrogen-bond donors (Lipinski definition) is 1. The van der Waals surface area contributed by atoms with Crippen LogP contribution in [0.5, 0.6) is 0 Å². The second kappa shape index (κ2) is 11.8. The maximum absolute atomic E-state index is 11.5. The summed E-state index contributed by atoms with van der Waals surface area (Å²) in [6.45, 7) is 0.500. The van der Waals surface area contributed by atoms with Crippen molar-refractivity contribution in [3.05, 3.63) is 30.3 Å². The number of carbonyl (C=O) groups excluding carboxylic acids is 1. The highest BCUT2D eigenvalue weighted by Crippen LogP contribution is 2.09. The number of nitrogens with one attached hydrogen (secondary N) is 1. The van der Waals surface area contributed by atoms with E-state index in [1.807, 2.05) is 30.3 Å². The molecule has 0 bridgehead atoms. The lowest BCUT2D eigenvalue weighted by molar-refractivity contribution is 0.159. The average molecular weight is 342 g/mol. The summed E-state index contributed by atoms with van der Waals surface area (Å²) in [6, 6.07) is 9.35. The zero-order chi connectivity index (χ0) is 14.5. The lowest BCUT2D eigenvalue weighted by atomic mass is 10.1. The second-order valence-corrected chi connectivity index (χ2v) is 5.58. The Bertz CT molecular complexity index is 357. The molecule has 1 amide bonds. The third-order valence-corrected chi connectivity index (χ3v) is 3.59. The van der Waals surface area contributed by atoms with Gasteiger partial charge in [-0.3, -0.25) is 5.32 Å². The van der Waals surface area contributed by atoms with Crippen molar-refractivity contribution < 1.29 is 9.53 Å². The number of rotatable bonds is 10. The van der Waals surface area contributed by atoms with Gasteiger partial charge in [0, 0.05) is 11.0 Å². The van der Waals surface area contributed by atoms with Gasteiger partial charge in [-0.2, -0.15) is 0 Å². The van der Waals surface area contributed by atoms with E-state index in [-0.39, 0.29) is 6.09 Å². The van der Waals surface area contributed by atoms with Crippen LogP contribution in [0.15, 0.2) is 30.3 Å². The smallest absolute Gasteiger partial charge is 0.411 e. The average Bonchev–Trinajstić information content (AvgIpc) is 2.46. The number of amides is 1. The SMILES string of the molecule is O=C(Nc1ccccc1)OCCCCCCCCCBr. The van der Waals surface area contributed by atoms with Crippen LogP contribution < -0.4 is 5.32 Å². The molecule has 112 valence electrons. The van der Waals surface area contributed by atoms with Gasteiger partial charge < -0.3 is 4.74 Å². The maximum atomic E-state index is 11.5. The predicted octanol–water partition coefficient (Wildman–Crippen LogP) is 5.36. The lowest BCUT2D eigenvalue weighted by Gasteiger charge is -2.06. The molecule has 1 rings (SSSR count). The number of hydrogen-bond acceptors (Lipinski definition) is 2. The predicted molar refractivity (Wildman–Crippen MR) is 87.5 cm³/mol. The number of para-hydroxylation sites is 1. The van der Waals surface area contributed by atoms with Gasteiger partial charge in [0.15, 0.2) is 0 Å². The Balaban J connectivity index is 1.92. The minimum absolute atomic E-state index is 0.367. The Morgan fingerprint density at radius 2 is 1.55 bits per heavy atom. The molecule has 0 saturated heterocycles. The maximum Gasteiger partial charge on any atom is 0.411 e. The van der Waals surface area contributed by atoms with Crippen LogP contribution in [0.3, 0.4) is 0 Å². The molecule has 3 nitrogen and oxygen atoms in total. The van der Waals surface area contributed by atoms with E-state index in [9.17, 15) is 4.79 Å². The van der Waals surface area contributed by atoms with Gasteiger partial charge >= 0.3 is 6.09 Å². The first-order valence-corrected chi connectivity index (χ1v) is 8.50. The Morgan fingerprint density at radius 3 is 2.20 bits per heavy atom.